The fourth-order valence-corrected chi connectivity index (χ4v) is 5.94. The van der Waals surface area contributed by atoms with Crippen molar-refractivity contribution in [3.05, 3.63) is 40.9 Å². The van der Waals surface area contributed by atoms with E-state index in [1.165, 1.54) is 66.0 Å². The van der Waals surface area contributed by atoms with E-state index in [2.05, 4.69) is 46.7 Å². The molecule has 3 aliphatic heterocycles. The second-order valence-electron chi connectivity index (χ2n) is 7.79. The third kappa shape index (κ3) is 6.19. The second kappa shape index (κ2) is 10.8. The van der Waals surface area contributed by atoms with Crippen LogP contribution in [0.1, 0.15) is 44.3 Å². The summed E-state index contributed by atoms with van der Waals surface area (Å²) in [4.78, 5) is 2.58. The SMILES string of the molecule is CCCCN1CCSC1=CC1=[N+](CCCCOc2ccc(C3CO3)cc2)CCS1. The maximum Gasteiger partial charge on any atom is 0.237 e. The van der Waals surface area contributed by atoms with Crippen molar-refractivity contribution in [1.82, 2.24) is 4.90 Å². The van der Waals surface area contributed by atoms with Crippen LogP contribution in [0.5, 0.6) is 5.75 Å². The lowest BCUT2D eigenvalue weighted by molar-refractivity contribution is -0.517. The van der Waals surface area contributed by atoms with Crippen molar-refractivity contribution in [2.24, 2.45) is 0 Å². The Hall–Kier alpha value is -1.11. The summed E-state index contributed by atoms with van der Waals surface area (Å²) in [7, 11) is 0. The average molecular weight is 434 g/mol. The first-order chi connectivity index (χ1) is 14.3. The molecule has 1 atom stereocenters. The van der Waals surface area contributed by atoms with Crippen molar-refractivity contribution in [2.45, 2.75) is 38.7 Å². The van der Waals surface area contributed by atoms with Gasteiger partial charge in [-0.3, -0.25) is 0 Å². The minimum absolute atomic E-state index is 0.323. The van der Waals surface area contributed by atoms with Gasteiger partial charge in [0.05, 0.1) is 24.0 Å². The fraction of sp³-hybridized carbons (Fsp3) is 0.609. The van der Waals surface area contributed by atoms with Crippen LogP contribution in [0.25, 0.3) is 0 Å². The van der Waals surface area contributed by atoms with Gasteiger partial charge in [-0.2, -0.15) is 0 Å². The smallest absolute Gasteiger partial charge is 0.237 e. The lowest BCUT2D eigenvalue weighted by Crippen LogP contribution is -2.21. The molecule has 1 unspecified atom stereocenters. The highest BCUT2D eigenvalue weighted by Crippen LogP contribution is 2.31. The van der Waals surface area contributed by atoms with Gasteiger partial charge in [0.1, 0.15) is 18.4 Å². The van der Waals surface area contributed by atoms with E-state index < -0.39 is 0 Å². The Morgan fingerprint density at radius 3 is 2.83 bits per heavy atom. The van der Waals surface area contributed by atoms with Gasteiger partial charge in [0.2, 0.25) is 5.04 Å². The van der Waals surface area contributed by atoms with Crippen LogP contribution < -0.4 is 4.74 Å². The van der Waals surface area contributed by atoms with Crippen LogP contribution in [0.15, 0.2) is 35.4 Å². The van der Waals surface area contributed by atoms with Crippen LogP contribution in [0.2, 0.25) is 0 Å². The van der Waals surface area contributed by atoms with Gasteiger partial charge in [-0.05, 0) is 30.5 Å². The highest BCUT2D eigenvalue weighted by Gasteiger charge is 2.25. The van der Waals surface area contributed by atoms with Crippen molar-refractivity contribution >= 4 is 28.6 Å². The van der Waals surface area contributed by atoms with Gasteiger partial charge in [-0.25, -0.2) is 4.58 Å². The summed E-state index contributed by atoms with van der Waals surface area (Å²) >= 11 is 4.04. The fourth-order valence-electron chi connectivity index (χ4n) is 3.70. The number of epoxide rings is 1. The molecule has 4 nitrogen and oxygen atoms in total. The lowest BCUT2D eigenvalue weighted by atomic mass is 10.1. The molecule has 6 heteroatoms. The van der Waals surface area contributed by atoms with Crippen LogP contribution >= 0.6 is 23.5 Å². The largest absolute Gasteiger partial charge is 0.494 e. The zero-order valence-corrected chi connectivity index (χ0v) is 19.1. The third-order valence-electron chi connectivity index (χ3n) is 5.55. The van der Waals surface area contributed by atoms with Crippen LogP contribution in [0.3, 0.4) is 0 Å². The minimum Gasteiger partial charge on any atom is -0.494 e. The number of hydrogen-bond donors (Lipinski definition) is 0. The summed E-state index contributed by atoms with van der Waals surface area (Å²) in [5.74, 6) is 3.42. The van der Waals surface area contributed by atoms with Crippen molar-refractivity contribution < 1.29 is 14.0 Å². The minimum atomic E-state index is 0.323. The molecule has 2 saturated heterocycles. The first-order valence-electron chi connectivity index (χ1n) is 11.0. The molecule has 1 aromatic carbocycles. The van der Waals surface area contributed by atoms with E-state index in [0.717, 1.165) is 31.9 Å². The highest BCUT2D eigenvalue weighted by atomic mass is 32.2. The number of benzene rings is 1. The highest BCUT2D eigenvalue weighted by molar-refractivity contribution is 8.14. The predicted octanol–water partition coefficient (Wildman–Crippen LogP) is 4.77. The number of nitrogens with zero attached hydrogens (tertiary/aromatic N) is 2. The molecule has 0 spiro atoms. The second-order valence-corrected chi connectivity index (χ2v) is 10.0. The zero-order chi connectivity index (χ0) is 19.9. The Morgan fingerprint density at radius 1 is 1.17 bits per heavy atom. The molecule has 0 saturated carbocycles. The topological polar surface area (TPSA) is 28.0 Å². The van der Waals surface area contributed by atoms with Crippen molar-refractivity contribution in [3.63, 3.8) is 0 Å². The summed E-state index contributed by atoms with van der Waals surface area (Å²) in [6.07, 6.45) is 7.61. The molecule has 3 aliphatic rings. The quantitative estimate of drug-likeness (QED) is 0.285. The molecule has 158 valence electrons. The van der Waals surface area contributed by atoms with E-state index in [9.17, 15) is 0 Å². The monoisotopic (exact) mass is 433 g/mol. The average Bonchev–Trinajstić information content (AvgIpc) is 3.36. The molecule has 29 heavy (non-hydrogen) atoms. The van der Waals surface area contributed by atoms with Gasteiger partial charge < -0.3 is 14.4 Å². The summed E-state index contributed by atoms with van der Waals surface area (Å²) in [6, 6.07) is 8.37. The molecule has 0 aliphatic carbocycles. The third-order valence-corrected chi connectivity index (χ3v) is 7.67. The van der Waals surface area contributed by atoms with E-state index in [1.807, 2.05) is 23.5 Å². The Balaban J connectivity index is 1.21. The van der Waals surface area contributed by atoms with E-state index in [1.54, 1.807) is 0 Å². The molecule has 3 heterocycles. The Morgan fingerprint density at radius 2 is 2.03 bits per heavy atom. The van der Waals surface area contributed by atoms with Crippen LogP contribution in [0.4, 0.5) is 0 Å². The zero-order valence-electron chi connectivity index (χ0n) is 17.5. The van der Waals surface area contributed by atoms with Crippen molar-refractivity contribution in [3.8, 4) is 5.75 Å². The number of rotatable bonds is 11. The lowest BCUT2D eigenvalue weighted by Gasteiger charge is -2.17. The Bertz CT molecular complexity index is 729. The maximum absolute atomic E-state index is 5.92. The number of unbranched alkanes of at least 4 members (excludes halogenated alkanes) is 2. The van der Waals surface area contributed by atoms with E-state index in [4.69, 9.17) is 9.47 Å². The van der Waals surface area contributed by atoms with E-state index >= 15 is 0 Å². The molecular weight excluding hydrogens is 400 g/mol. The standard InChI is InChI=1S/C23H33N2O2S2/c1-2-3-10-24-12-15-28-22(24)17-23-25(13-16-29-23)11-4-5-14-26-20-8-6-19(7-9-20)21-18-27-21/h6-9,17,21H,2-5,10-16,18H2,1H3/q+1. The molecule has 0 bridgehead atoms. The molecule has 2 fully saturated rings. The Kier molecular flexibility index (Phi) is 7.86. The van der Waals surface area contributed by atoms with Crippen LogP contribution in [-0.4, -0.2) is 65.4 Å². The molecule has 1 aromatic rings. The molecule has 0 radical (unpaired) electrons. The molecule has 0 N–H and O–H groups in total. The van der Waals surface area contributed by atoms with Crippen LogP contribution in [0, 0.1) is 0 Å². The summed E-state index contributed by atoms with van der Waals surface area (Å²) in [5, 5.41) is 2.95. The summed E-state index contributed by atoms with van der Waals surface area (Å²) in [5.41, 5.74) is 1.26. The summed E-state index contributed by atoms with van der Waals surface area (Å²) < 4.78 is 13.8. The van der Waals surface area contributed by atoms with Gasteiger partial charge in [0.25, 0.3) is 0 Å². The predicted molar refractivity (Wildman–Crippen MR) is 124 cm³/mol. The van der Waals surface area contributed by atoms with Gasteiger partial charge in [-0.15, -0.1) is 11.8 Å². The molecule has 0 aromatic heterocycles. The van der Waals surface area contributed by atoms with Crippen molar-refractivity contribution in [2.75, 3.05) is 50.9 Å². The number of ether oxygens (including phenoxy) is 2. The normalized spacial score (nSPS) is 22.7. The molecular formula is C23H33N2O2S2+. The first kappa shape index (κ1) is 21.1. The van der Waals surface area contributed by atoms with Crippen LogP contribution in [-0.2, 0) is 4.74 Å². The summed E-state index contributed by atoms with van der Waals surface area (Å²) in [6.45, 7) is 8.65. The number of hydrogen-bond acceptors (Lipinski definition) is 5. The Labute approximate surface area is 183 Å². The van der Waals surface area contributed by atoms with Gasteiger partial charge in [0, 0.05) is 31.3 Å². The van der Waals surface area contributed by atoms with Gasteiger partial charge in [-0.1, -0.05) is 37.2 Å². The molecule has 4 rings (SSSR count). The van der Waals surface area contributed by atoms with Gasteiger partial charge in [0.15, 0.2) is 6.54 Å². The van der Waals surface area contributed by atoms with Crippen molar-refractivity contribution in [1.29, 1.82) is 0 Å². The molecule has 0 amide bonds. The maximum atomic E-state index is 5.92. The van der Waals surface area contributed by atoms with E-state index in [0.29, 0.717) is 6.10 Å². The number of thioether (sulfide) groups is 2. The first-order valence-corrected chi connectivity index (χ1v) is 13.0. The van der Waals surface area contributed by atoms with Gasteiger partial charge >= 0.3 is 0 Å². The van der Waals surface area contributed by atoms with E-state index in [-0.39, 0.29) is 0 Å².